The van der Waals surface area contributed by atoms with Crippen LogP contribution in [0.1, 0.15) is 27.0 Å². The van der Waals surface area contributed by atoms with Gasteiger partial charge in [0, 0.05) is 24.8 Å². The van der Waals surface area contributed by atoms with Crippen LogP contribution in [0, 0.1) is 0 Å². The molecule has 0 atom stereocenters. The van der Waals surface area contributed by atoms with Crippen LogP contribution in [0.4, 0.5) is 19.0 Å². The lowest BCUT2D eigenvalue weighted by Gasteiger charge is -2.31. The van der Waals surface area contributed by atoms with Crippen molar-refractivity contribution in [3.8, 4) is 0 Å². The number of carbonyl (C=O) groups is 1. The fourth-order valence-electron chi connectivity index (χ4n) is 2.73. The summed E-state index contributed by atoms with van der Waals surface area (Å²) in [5.41, 5.74) is 1.46. The molecular formula is C16H13Cl2F3N2O. The Morgan fingerprint density at radius 1 is 1.21 bits per heavy atom. The molecule has 3 rings (SSSR count). The van der Waals surface area contributed by atoms with E-state index in [0.29, 0.717) is 25.1 Å². The predicted molar refractivity (Wildman–Crippen MR) is 87.9 cm³/mol. The normalized spacial score (nSPS) is 13.9. The molecule has 1 aromatic heterocycles. The van der Waals surface area contributed by atoms with E-state index in [-0.39, 0.29) is 18.2 Å². The molecule has 2 heterocycles. The number of aromatic nitrogens is 1. The molecule has 0 saturated carbocycles. The fraction of sp³-hybridized carbons (Fsp3) is 0.250. The molecule has 0 bridgehead atoms. The number of benzene rings is 1. The lowest BCUT2D eigenvalue weighted by molar-refractivity contribution is -0.137. The topological polar surface area (TPSA) is 33.2 Å². The average Bonchev–Trinajstić information content (AvgIpc) is 2.53. The molecule has 1 aromatic carbocycles. The third kappa shape index (κ3) is 3.65. The number of nitrogens with zero attached hydrogens (tertiary/aromatic N) is 2. The SMILES string of the molecule is Cl.O=C(Cl)c1ccc2c(c1)CCN(c1ncccc1C(F)(F)F)C2. The van der Waals surface area contributed by atoms with Gasteiger partial charge in [0.05, 0.1) is 5.56 Å². The molecule has 3 nitrogen and oxygen atoms in total. The van der Waals surface area contributed by atoms with Gasteiger partial charge in [0.25, 0.3) is 5.24 Å². The maximum Gasteiger partial charge on any atom is 0.419 e. The summed E-state index contributed by atoms with van der Waals surface area (Å²) in [6, 6.07) is 7.33. The van der Waals surface area contributed by atoms with Crippen molar-refractivity contribution in [3.63, 3.8) is 0 Å². The van der Waals surface area contributed by atoms with E-state index in [1.807, 2.05) is 0 Å². The van der Waals surface area contributed by atoms with Crippen molar-refractivity contribution < 1.29 is 18.0 Å². The summed E-state index contributed by atoms with van der Waals surface area (Å²) in [6.07, 6.45) is -2.56. The Hall–Kier alpha value is -1.79. The average molecular weight is 377 g/mol. The van der Waals surface area contributed by atoms with Gasteiger partial charge in [-0.25, -0.2) is 4.98 Å². The van der Waals surface area contributed by atoms with Crippen LogP contribution in [0.25, 0.3) is 0 Å². The van der Waals surface area contributed by atoms with Crippen LogP contribution in [0.5, 0.6) is 0 Å². The van der Waals surface area contributed by atoms with Gasteiger partial charge in [0.15, 0.2) is 0 Å². The van der Waals surface area contributed by atoms with Crippen LogP contribution in [0.2, 0.25) is 0 Å². The van der Waals surface area contributed by atoms with Crippen LogP contribution >= 0.6 is 24.0 Å². The van der Waals surface area contributed by atoms with Gasteiger partial charge in [-0.1, -0.05) is 6.07 Å². The van der Waals surface area contributed by atoms with Crippen molar-refractivity contribution >= 4 is 35.1 Å². The van der Waals surface area contributed by atoms with Gasteiger partial charge in [-0.3, -0.25) is 4.79 Å². The quantitative estimate of drug-likeness (QED) is 0.725. The first-order valence-corrected chi connectivity index (χ1v) is 7.33. The molecule has 0 N–H and O–H groups in total. The molecule has 1 aliphatic heterocycles. The first-order chi connectivity index (χ1) is 10.9. The smallest absolute Gasteiger partial charge is 0.351 e. The molecule has 0 amide bonds. The Morgan fingerprint density at radius 3 is 2.62 bits per heavy atom. The van der Waals surface area contributed by atoms with E-state index < -0.39 is 17.0 Å². The second-order valence-corrected chi connectivity index (χ2v) is 5.64. The minimum Gasteiger partial charge on any atom is -0.351 e. The highest BCUT2D eigenvalue weighted by molar-refractivity contribution is 6.67. The molecule has 24 heavy (non-hydrogen) atoms. The molecule has 0 saturated heterocycles. The van der Waals surface area contributed by atoms with Crippen molar-refractivity contribution in [1.29, 1.82) is 0 Å². The van der Waals surface area contributed by atoms with Gasteiger partial charge in [0.1, 0.15) is 5.82 Å². The van der Waals surface area contributed by atoms with Crippen molar-refractivity contribution in [3.05, 3.63) is 58.8 Å². The summed E-state index contributed by atoms with van der Waals surface area (Å²) >= 11 is 5.46. The van der Waals surface area contributed by atoms with Crippen LogP contribution in [0.15, 0.2) is 36.5 Å². The van der Waals surface area contributed by atoms with E-state index >= 15 is 0 Å². The number of hydrogen-bond acceptors (Lipinski definition) is 3. The number of carbonyl (C=O) groups excluding carboxylic acids is 1. The highest BCUT2D eigenvalue weighted by Gasteiger charge is 2.36. The number of rotatable bonds is 2. The number of halogens is 5. The minimum absolute atomic E-state index is 0. The summed E-state index contributed by atoms with van der Waals surface area (Å²) in [4.78, 5) is 16.7. The number of anilines is 1. The molecular weight excluding hydrogens is 364 g/mol. The van der Waals surface area contributed by atoms with Gasteiger partial charge in [-0.05, 0) is 53.4 Å². The molecule has 0 unspecified atom stereocenters. The van der Waals surface area contributed by atoms with Crippen LogP contribution < -0.4 is 4.90 Å². The Labute approximate surface area is 147 Å². The van der Waals surface area contributed by atoms with E-state index in [4.69, 9.17) is 11.6 Å². The zero-order valence-electron chi connectivity index (χ0n) is 12.3. The summed E-state index contributed by atoms with van der Waals surface area (Å²) in [5.74, 6) is -0.0665. The minimum atomic E-state index is -4.45. The standard InChI is InChI=1S/C16H12ClF3N2O.ClH/c17-14(23)11-3-4-12-9-22(7-5-10(12)8-11)15-13(16(18,19)20)2-1-6-21-15;/h1-4,6,8H,5,7,9H2;1H. The lowest BCUT2D eigenvalue weighted by Crippen LogP contribution is -2.32. The molecule has 0 spiro atoms. The van der Waals surface area contributed by atoms with Gasteiger partial charge in [-0.2, -0.15) is 13.2 Å². The molecule has 0 fully saturated rings. The maximum atomic E-state index is 13.1. The van der Waals surface area contributed by atoms with Crippen LogP contribution in [-0.2, 0) is 19.1 Å². The summed E-state index contributed by atoms with van der Waals surface area (Å²) in [7, 11) is 0. The zero-order chi connectivity index (χ0) is 16.6. The largest absolute Gasteiger partial charge is 0.419 e. The van der Waals surface area contributed by atoms with E-state index in [0.717, 1.165) is 17.2 Å². The molecule has 0 aliphatic carbocycles. The number of hydrogen-bond donors (Lipinski definition) is 0. The Morgan fingerprint density at radius 2 is 1.96 bits per heavy atom. The molecule has 2 aromatic rings. The first-order valence-electron chi connectivity index (χ1n) is 6.95. The van der Waals surface area contributed by atoms with Gasteiger partial charge >= 0.3 is 6.18 Å². The van der Waals surface area contributed by atoms with Crippen molar-refractivity contribution in [2.75, 3.05) is 11.4 Å². The number of fused-ring (bicyclic) bond motifs is 1. The third-order valence-corrected chi connectivity index (χ3v) is 4.06. The zero-order valence-corrected chi connectivity index (χ0v) is 13.9. The van der Waals surface area contributed by atoms with Crippen molar-refractivity contribution in [2.45, 2.75) is 19.1 Å². The summed E-state index contributed by atoms with van der Waals surface area (Å²) in [6.45, 7) is 0.708. The highest BCUT2D eigenvalue weighted by atomic mass is 35.5. The predicted octanol–water partition coefficient (Wildman–Crippen LogP) is 4.46. The molecule has 0 radical (unpaired) electrons. The van der Waals surface area contributed by atoms with Gasteiger partial charge in [0.2, 0.25) is 0 Å². The fourth-order valence-corrected chi connectivity index (χ4v) is 2.84. The van der Waals surface area contributed by atoms with E-state index in [1.165, 1.54) is 12.3 Å². The van der Waals surface area contributed by atoms with Gasteiger partial charge < -0.3 is 4.90 Å². The third-order valence-electron chi connectivity index (χ3n) is 3.84. The maximum absolute atomic E-state index is 13.1. The summed E-state index contributed by atoms with van der Waals surface area (Å²) in [5, 5.41) is -0.542. The lowest BCUT2D eigenvalue weighted by atomic mass is 9.97. The van der Waals surface area contributed by atoms with Crippen LogP contribution in [-0.4, -0.2) is 16.8 Å². The Kier molecular flexibility index (Phi) is 5.40. The van der Waals surface area contributed by atoms with E-state index in [2.05, 4.69) is 4.98 Å². The summed E-state index contributed by atoms with van der Waals surface area (Å²) < 4.78 is 39.4. The van der Waals surface area contributed by atoms with Crippen LogP contribution in [0.3, 0.4) is 0 Å². The van der Waals surface area contributed by atoms with E-state index in [1.54, 1.807) is 23.1 Å². The molecule has 8 heteroatoms. The number of alkyl halides is 3. The van der Waals surface area contributed by atoms with Crippen molar-refractivity contribution in [2.24, 2.45) is 0 Å². The second-order valence-electron chi connectivity index (χ2n) is 5.30. The Balaban J connectivity index is 0.00000208. The first kappa shape index (κ1) is 18.5. The second kappa shape index (κ2) is 6.99. The molecule has 1 aliphatic rings. The highest BCUT2D eigenvalue weighted by Crippen LogP contribution is 2.36. The number of pyridine rings is 1. The van der Waals surface area contributed by atoms with Crippen molar-refractivity contribution in [1.82, 2.24) is 4.98 Å². The monoisotopic (exact) mass is 376 g/mol. The molecule has 128 valence electrons. The van der Waals surface area contributed by atoms with Gasteiger partial charge in [-0.15, -0.1) is 12.4 Å². The Bertz CT molecular complexity index is 765. The van der Waals surface area contributed by atoms with E-state index in [9.17, 15) is 18.0 Å².